The molecule has 11 heteroatoms. The average Bonchev–Trinajstić information content (AvgIpc) is 3.41. The lowest BCUT2D eigenvalue weighted by atomic mass is 10.1. The first-order chi connectivity index (χ1) is 14.2. The number of fused-ring (bicyclic) bond motifs is 1. The number of carbonyl (C=O) groups is 1. The van der Waals surface area contributed by atoms with Gasteiger partial charge in [-0.05, 0) is 48.7 Å². The predicted molar refractivity (Wildman–Crippen MR) is 107 cm³/mol. The van der Waals surface area contributed by atoms with Crippen molar-refractivity contribution in [1.82, 2.24) is 29.9 Å². The number of aromatic nitrogens is 5. The molecule has 0 radical (unpaired) electrons. The van der Waals surface area contributed by atoms with Crippen molar-refractivity contribution in [2.24, 2.45) is 0 Å². The van der Waals surface area contributed by atoms with Gasteiger partial charge in [-0.25, -0.2) is 9.67 Å². The maximum absolute atomic E-state index is 13.7. The molecule has 3 heterocycles. The minimum absolute atomic E-state index is 0.0414. The van der Waals surface area contributed by atoms with Gasteiger partial charge in [-0.15, -0.1) is 0 Å². The van der Waals surface area contributed by atoms with Crippen LogP contribution >= 0.6 is 15.9 Å². The summed E-state index contributed by atoms with van der Waals surface area (Å²) in [5, 5.41) is 11.1. The van der Waals surface area contributed by atoms with Crippen molar-refractivity contribution in [3.8, 4) is 0 Å². The Bertz CT molecular complexity index is 1120. The van der Waals surface area contributed by atoms with Gasteiger partial charge < -0.3 is 5.32 Å². The van der Waals surface area contributed by atoms with Crippen molar-refractivity contribution >= 4 is 32.9 Å². The number of aryl methyl sites for hydroxylation is 2. The maximum atomic E-state index is 13.7. The van der Waals surface area contributed by atoms with Crippen LogP contribution in [0.1, 0.15) is 48.3 Å². The maximum Gasteiger partial charge on any atom is 0.417 e. The molecule has 3 aromatic rings. The number of alkyl halides is 3. The third-order valence-electron chi connectivity index (χ3n) is 5.14. The van der Waals surface area contributed by atoms with Crippen LogP contribution in [0.5, 0.6) is 0 Å². The molecule has 0 saturated heterocycles. The Labute approximate surface area is 178 Å². The standard InChI is InChI=1S/C19H20BrF3N6O/c1-3-28-15(13(20)7-25-28)8-24-16(30)9-29-18-17(10(2)27-29)12(19(21,22)23)6-14(26-18)11-4-5-11/h6-7,11H,3-5,8-9H2,1-2H3,(H,24,30). The fraction of sp³-hybridized carbons (Fsp3) is 0.474. The smallest absolute Gasteiger partial charge is 0.349 e. The van der Waals surface area contributed by atoms with Crippen molar-refractivity contribution in [2.75, 3.05) is 0 Å². The van der Waals surface area contributed by atoms with Crippen LogP contribution in [0.3, 0.4) is 0 Å². The summed E-state index contributed by atoms with van der Waals surface area (Å²) in [6.45, 7) is 4.10. The van der Waals surface area contributed by atoms with Gasteiger partial charge in [-0.2, -0.15) is 23.4 Å². The minimum atomic E-state index is -4.52. The molecule has 0 unspecified atom stereocenters. The zero-order valence-corrected chi connectivity index (χ0v) is 18.0. The Morgan fingerprint density at radius 3 is 2.70 bits per heavy atom. The fourth-order valence-electron chi connectivity index (χ4n) is 3.51. The number of nitrogens with zero attached hydrogens (tertiary/aromatic N) is 5. The zero-order valence-electron chi connectivity index (χ0n) is 16.4. The molecule has 4 rings (SSSR count). The monoisotopic (exact) mass is 484 g/mol. The zero-order chi connectivity index (χ0) is 21.6. The molecule has 0 aromatic carbocycles. The number of hydrogen-bond donors (Lipinski definition) is 1. The van der Waals surface area contributed by atoms with E-state index in [1.807, 2.05) is 6.92 Å². The molecular weight excluding hydrogens is 465 g/mol. The SMILES string of the molecule is CCn1ncc(Br)c1CNC(=O)Cn1nc(C)c2c(C(F)(F)F)cc(C3CC3)nc21. The molecule has 30 heavy (non-hydrogen) atoms. The Morgan fingerprint density at radius 1 is 1.33 bits per heavy atom. The molecule has 1 fully saturated rings. The topological polar surface area (TPSA) is 77.6 Å². The van der Waals surface area contributed by atoms with Crippen molar-refractivity contribution in [3.05, 3.63) is 39.4 Å². The third kappa shape index (κ3) is 3.94. The fourth-order valence-corrected chi connectivity index (χ4v) is 3.94. The molecule has 1 aliphatic carbocycles. The van der Waals surface area contributed by atoms with Crippen molar-refractivity contribution in [2.45, 2.75) is 58.4 Å². The summed E-state index contributed by atoms with van der Waals surface area (Å²) in [4.78, 5) is 17.0. The molecule has 0 atom stereocenters. The average molecular weight is 485 g/mol. The van der Waals surface area contributed by atoms with Crippen LogP contribution in [-0.4, -0.2) is 30.5 Å². The molecule has 1 aliphatic rings. The van der Waals surface area contributed by atoms with Crippen LogP contribution in [0.15, 0.2) is 16.7 Å². The van der Waals surface area contributed by atoms with Crippen LogP contribution < -0.4 is 5.32 Å². The molecular formula is C19H20BrF3N6O. The first-order valence-electron chi connectivity index (χ1n) is 9.61. The summed E-state index contributed by atoms with van der Waals surface area (Å²) < 4.78 is 44.8. The van der Waals surface area contributed by atoms with E-state index in [2.05, 4.69) is 36.4 Å². The Kier molecular flexibility index (Phi) is 5.33. The number of carbonyl (C=O) groups excluding carboxylic acids is 1. The Balaban J connectivity index is 1.62. The first-order valence-corrected chi connectivity index (χ1v) is 10.4. The summed E-state index contributed by atoms with van der Waals surface area (Å²) in [7, 11) is 0. The lowest BCUT2D eigenvalue weighted by molar-refractivity contribution is -0.136. The molecule has 0 spiro atoms. The van der Waals surface area contributed by atoms with Gasteiger partial charge in [-0.1, -0.05) is 0 Å². The summed E-state index contributed by atoms with van der Waals surface area (Å²) >= 11 is 3.40. The molecule has 1 saturated carbocycles. The second-order valence-electron chi connectivity index (χ2n) is 7.34. The number of pyridine rings is 1. The highest BCUT2D eigenvalue weighted by atomic mass is 79.9. The van der Waals surface area contributed by atoms with Crippen LogP contribution in [0, 0.1) is 6.92 Å². The van der Waals surface area contributed by atoms with Crippen LogP contribution in [0.25, 0.3) is 11.0 Å². The van der Waals surface area contributed by atoms with Crippen molar-refractivity contribution in [1.29, 1.82) is 0 Å². The highest BCUT2D eigenvalue weighted by Gasteiger charge is 2.37. The van der Waals surface area contributed by atoms with Gasteiger partial charge in [0.25, 0.3) is 0 Å². The normalized spacial score (nSPS) is 14.5. The molecule has 1 amide bonds. The van der Waals surface area contributed by atoms with Crippen LogP contribution in [0.4, 0.5) is 13.2 Å². The second-order valence-corrected chi connectivity index (χ2v) is 8.19. The highest BCUT2D eigenvalue weighted by Crippen LogP contribution is 2.43. The lowest BCUT2D eigenvalue weighted by Crippen LogP contribution is -2.28. The number of nitrogens with one attached hydrogen (secondary N) is 1. The van der Waals surface area contributed by atoms with E-state index in [0.717, 1.165) is 29.1 Å². The van der Waals surface area contributed by atoms with Gasteiger partial charge >= 0.3 is 6.18 Å². The van der Waals surface area contributed by atoms with Crippen LogP contribution in [0.2, 0.25) is 0 Å². The van der Waals surface area contributed by atoms with Gasteiger partial charge in [0.05, 0.1) is 39.6 Å². The predicted octanol–water partition coefficient (Wildman–Crippen LogP) is 3.93. The van der Waals surface area contributed by atoms with E-state index >= 15 is 0 Å². The Morgan fingerprint density at radius 2 is 2.07 bits per heavy atom. The molecule has 1 N–H and O–H groups in total. The van der Waals surface area contributed by atoms with E-state index in [1.54, 1.807) is 10.9 Å². The summed E-state index contributed by atoms with van der Waals surface area (Å²) in [6.07, 6.45) is -1.22. The molecule has 0 bridgehead atoms. The van der Waals surface area contributed by atoms with Crippen molar-refractivity contribution in [3.63, 3.8) is 0 Å². The second kappa shape index (κ2) is 7.68. The highest BCUT2D eigenvalue weighted by molar-refractivity contribution is 9.10. The Hall–Kier alpha value is -2.43. The lowest BCUT2D eigenvalue weighted by Gasteiger charge is -2.11. The van der Waals surface area contributed by atoms with Gasteiger partial charge in [0, 0.05) is 18.2 Å². The molecule has 7 nitrogen and oxygen atoms in total. The van der Waals surface area contributed by atoms with Crippen molar-refractivity contribution < 1.29 is 18.0 Å². The molecule has 160 valence electrons. The van der Waals surface area contributed by atoms with E-state index in [0.29, 0.717) is 12.2 Å². The molecule has 0 aliphatic heterocycles. The van der Waals surface area contributed by atoms with Gasteiger partial charge in [0.2, 0.25) is 5.91 Å². The summed E-state index contributed by atoms with van der Waals surface area (Å²) in [5.74, 6) is -0.331. The van der Waals surface area contributed by atoms with Gasteiger partial charge in [0.15, 0.2) is 5.65 Å². The number of amides is 1. The molecule has 3 aromatic heterocycles. The summed E-state index contributed by atoms with van der Waals surface area (Å²) in [6, 6.07) is 1.13. The number of rotatable bonds is 6. The van der Waals surface area contributed by atoms with Crippen LogP contribution in [-0.2, 0) is 30.6 Å². The van der Waals surface area contributed by atoms with E-state index < -0.39 is 11.7 Å². The summed E-state index contributed by atoms with van der Waals surface area (Å²) in [5.41, 5.74) is 0.772. The third-order valence-corrected chi connectivity index (χ3v) is 5.80. The van der Waals surface area contributed by atoms with E-state index in [1.165, 1.54) is 11.6 Å². The van der Waals surface area contributed by atoms with Gasteiger partial charge in [-0.3, -0.25) is 9.48 Å². The number of halogens is 4. The van der Waals surface area contributed by atoms with E-state index in [9.17, 15) is 18.0 Å². The largest absolute Gasteiger partial charge is 0.417 e. The first kappa shape index (κ1) is 20.8. The number of hydrogen-bond acceptors (Lipinski definition) is 4. The van der Waals surface area contributed by atoms with Gasteiger partial charge in [0.1, 0.15) is 6.54 Å². The van der Waals surface area contributed by atoms with E-state index in [4.69, 9.17) is 0 Å². The quantitative estimate of drug-likeness (QED) is 0.574. The van der Waals surface area contributed by atoms with E-state index in [-0.39, 0.29) is 41.6 Å². The minimum Gasteiger partial charge on any atom is -0.349 e.